The van der Waals surface area contributed by atoms with Crippen molar-refractivity contribution in [2.45, 2.75) is 39.5 Å². The zero-order chi connectivity index (χ0) is 15.0. The quantitative estimate of drug-likeness (QED) is 0.813. The first-order valence-electron chi connectivity index (χ1n) is 6.88. The number of carbonyl (C=O) groups excluding carboxylic acids is 1. The molecule has 0 aromatic carbocycles. The Balaban J connectivity index is 1.77. The third-order valence-electron chi connectivity index (χ3n) is 3.15. The second-order valence-corrected chi connectivity index (χ2v) is 6.92. The van der Waals surface area contributed by atoms with Crippen LogP contribution in [0.15, 0.2) is 17.5 Å². The molecule has 0 N–H and O–H groups in total. The lowest BCUT2D eigenvalue weighted by atomic mass is 10.2. The maximum Gasteiger partial charge on any atom is 0.410 e. The number of nitrogens with zero attached hydrogens (tertiary/aromatic N) is 4. The Hall–Kier alpha value is -1.89. The molecule has 0 fully saturated rings. The van der Waals surface area contributed by atoms with Crippen LogP contribution in [0.2, 0.25) is 0 Å². The maximum atomic E-state index is 12.1. The molecule has 3 rings (SSSR count). The van der Waals surface area contributed by atoms with Gasteiger partial charge in [0.2, 0.25) is 0 Å². The van der Waals surface area contributed by atoms with Gasteiger partial charge in [-0.2, -0.15) is 0 Å². The average Bonchev–Trinajstić information content (AvgIpc) is 3.04. The third-order valence-corrected chi connectivity index (χ3v) is 4.01. The van der Waals surface area contributed by atoms with Gasteiger partial charge in [0.1, 0.15) is 5.60 Å². The Bertz CT molecular complexity index is 642. The van der Waals surface area contributed by atoms with E-state index in [0.29, 0.717) is 19.6 Å². The fourth-order valence-electron chi connectivity index (χ4n) is 2.23. The highest BCUT2D eigenvalue weighted by Crippen LogP contribution is 2.26. The Morgan fingerprint density at radius 2 is 2.14 bits per heavy atom. The van der Waals surface area contributed by atoms with Crippen LogP contribution in [0.4, 0.5) is 4.79 Å². The molecule has 0 spiro atoms. The van der Waals surface area contributed by atoms with Gasteiger partial charge in [-0.15, -0.1) is 21.5 Å². The molecule has 7 heteroatoms. The number of fused-ring (bicyclic) bond motifs is 1. The molecule has 0 bridgehead atoms. The molecule has 1 amide bonds. The van der Waals surface area contributed by atoms with Crippen LogP contribution in [0, 0.1) is 0 Å². The van der Waals surface area contributed by atoms with Gasteiger partial charge in [0.25, 0.3) is 0 Å². The van der Waals surface area contributed by atoms with Gasteiger partial charge in [0.05, 0.1) is 11.4 Å². The fourth-order valence-corrected chi connectivity index (χ4v) is 2.95. The van der Waals surface area contributed by atoms with E-state index >= 15 is 0 Å². The van der Waals surface area contributed by atoms with E-state index in [1.807, 2.05) is 38.3 Å². The van der Waals surface area contributed by atoms with E-state index in [0.717, 1.165) is 16.5 Å². The molecule has 2 aromatic heterocycles. The van der Waals surface area contributed by atoms with Crippen molar-refractivity contribution in [3.63, 3.8) is 0 Å². The normalized spacial score (nSPS) is 14.9. The topological polar surface area (TPSA) is 60.2 Å². The smallest absolute Gasteiger partial charge is 0.410 e. The molecule has 0 saturated carbocycles. The average molecular weight is 306 g/mol. The zero-order valence-electron chi connectivity index (χ0n) is 12.4. The van der Waals surface area contributed by atoms with Crippen LogP contribution < -0.4 is 0 Å². The first kappa shape index (κ1) is 14.1. The highest BCUT2D eigenvalue weighted by molar-refractivity contribution is 7.13. The largest absolute Gasteiger partial charge is 0.444 e. The minimum atomic E-state index is -0.482. The lowest BCUT2D eigenvalue weighted by Gasteiger charge is -2.30. The second-order valence-electron chi connectivity index (χ2n) is 5.97. The molecule has 0 atom stereocenters. The van der Waals surface area contributed by atoms with E-state index < -0.39 is 5.60 Å². The Labute approximate surface area is 127 Å². The van der Waals surface area contributed by atoms with E-state index in [9.17, 15) is 4.79 Å². The van der Waals surface area contributed by atoms with Crippen LogP contribution in [-0.4, -0.2) is 37.9 Å². The van der Waals surface area contributed by atoms with E-state index in [1.165, 1.54) is 0 Å². The fraction of sp³-hybridized carbons (Fsp3) is 0.500. The van der Waals surface area contributed by atoms with Crippen molar-refractivity contribution in [1.82, 2.24) is 19.7 Å². The minimum absolute atomic E-state index is 0.297. The van der Waals surface area contributed by atoms with Gasteiger partial charge in [-0.05, 0) is 32.2 Å². The summed E-state index contributed by atoms with van der Waals surface area (Å²) in [6.07, 6.45) is -0.297. The van der Waals surface area contributed by atoms with Crippen molar-refractivity contribution in [2.24, 2.45) is 0 Å². The van der Waals surface area contributed by atoms with Gasteiger partial charge in [-0.3, -0.25) is 4.90 Å². The SMILES string of the molecule is CC(C)(C)OC(=O)N1CCn2c(nnc2-c2cccs2)C1. The van der Waals surface area contributed by atoms with Crippen molar-refractivity contribution >= 4 is 17.4 Å². The van der Waals surface area contributed by atoms with Crippen LogP contribution in [0.25, 0.3) is 10.7 Å². The summed E-state index contributed by atoms with van der Waals surface area (Å²) in [5.41, 5.74) is -0.482. The summed E-state index contributed by atoms with van der Waals surface area (Å²) < 4.78 is 7.48. The predicted octanol–water partition coefficient (Wildman–Crippen LogP) is 2.76. The van der Waals surface area contributed by atoms with Gasteiger partial charge in [0, 0.05) is 13.1 Å². The van der Waals surface area contributed by atoms with Gasteiger partial charge in [-0.25, -0.2) is 4.79 Å². The molecule has 2 aromatic rings. The number of rotatable bonds is 1. The highest BCUT2D eigenvalue weighted by atomic mass is 32.1. The van der Waals surface area contributed by atoms with Gasteiger partial charge < -0.3 is 9.30 Å². The van der Waals surface area contributed by atoms with Crippen molar-refractivity contribution in [3.8, 4) is 10.7 Å². The van der Waals surface area contributed by atoms with E-state index in [1.54, 1.807) is 16.2 Å². The number of hydrogen-bond donors (Lipinski definition) is 0. The summed E-state index contributed by atoms with van der Waals surface area (Å²) in [6.45, 7) is 7.34. The molecule has 21 heavy (non-hydrogen) atoms. The molecule has 1 aliphatic heterocycles. The summed E-state index contributed by atoms with van der Waals surface area (Å²) in [6, 6.07) is 4.03. The van der Waals surface area contributed by atoms with Gasteiger partial charge >= 0.3 is 6.09 Å². The molecule has 112 valence electrons. The monoisotopic (exact) mass is 306 g/mol. The van der Waals surface area contributed by atoms with Crippen molar-refractivity contribution in [2.75, 3.05) is 6.54 Å². The molecular weight excluding hydrogens is 288 g/mol. The molecule has 1 aliphatic rings. The number of thiophene rings is 1. The Morgan fingerprint density at radius 3 is 2.81 bits per heavy atom. The first-order valence-corrected chi connectivity index (χ1v) is 7.76. The predicted molar refractivity (Wildman–Crippen MR) is 80.0 cm³/mol. The number of ether oxygens (including phenoxy) is 1. The summed E-state index contributed by atoms with van der Waals surface area (Å²) in [5.74, 6) is 1.68. The van der Waals surface area contributed by atoms with Gasteiger partial charge in [0.15, 0.2) is 11.6 Å². The molecule has 3 heterocycles. The summed E-state index contributed by atoms with van der Waals surface area (Å²) in [4.78, 5) is 14.9. The van der Waals surface area contributed by atoms with E-state index in [-0.39, 0.29) is 6.09 Å². The minimum Gasteiger partial charge on any atom is -0.444 e. The molecule has 6 nitrogen and oxygen atoms in total. The lowest BCUT2D eigenvalue weighted by Crippen LogP contribution is -2.41. The maximum absolute atomic E-state index is 12.1. The van der Waals surface area contributed by atoms with Gasteiger partial charge in [-0.1, -0.05) is 6.07 Å². The molecule has 0 saturated heterocycles. The first-order chi connectivity index (χ1) is 9.94. The summed E-state index contributed by atoms with van der Waals surface area (Å²) >= 11 is 1.64. The van der Waals surface area contributed by atoms with Crippen LogP contribution >= 0.6 is 11.3 Å². The number of carbonyl (C=O) groups is 1. The highest BCUT2D eigenvalue weighted by Gasteiger charge is 2.28. The Kier molecular flexibility index (Phi) is 3.44. The molecule has 0 unspecified atom stereocenters. The van der Waals surface area contributed by atoms with Crippen molar-refractivity contribution < 1.29 is 9.53 Å². The molecule has 0 aliphatic carbocycles. The standard InChI is InChI=1S/C14H18N4O2S/c1-14(2,3)20-13(19)17-6-7-18-11(9-17)15-16-12(18)10-5-4-8-21-10/h4-5,8H,6-7,9H2,1-3H3. The molecule has 0 radical (unpaired) electrons. The van der Waals surface area contributed by atoms with Crippen molar-refractivity contribution in [3.05, 3.63) is 23.3 Å². The van der Waals surface area contributed by atoms with Crippen LogP contribution in [0.3, 0.4) is 0 Å². The van der Waals surface area contributed by atoms with Crippen LogP contribution in [0.1, 0.15) is 26.6 Å². The number of amides is 1. The summed E-state index contributed by atoms with van der Waals surface area (Å²) in [5, 5.41) is 10.5. The van der Waals surface area contributed by atoms with Crippen LogP contribution in [-0.2, 0) is 17.8 Å². The zero-order valence-corrected chi connectivity index (χ0v) is 13.2. The van der Waals surface area contributed by atoms with Crippen molar-refractivity contribution in [1.29, 1.82) is 0 Å². The number of aromatic nitrogens is 3. The third kappa shape index (κ3) is 2.92. The Morgan fingerprint density at radius 1 is 1.33 bits per heavy atom. The number of hydrogen-bond acceptors (Lipinski definition) is 5. The van der Waals surface area contributed by atoms with Crippen LogP contribution in [0.5, 0.6) is 0 Å². The summed E-state index contributed by atoms with van der Waals surface area (Å²) in [7, 11) is 0. The van der Waals surface area contributed by atoms with E-state index in [4.69, 9.17) is 4.74 Å². The molecular formula is C14H18N4O2S. The van der Waals surface area contributed by atoms with E-state index in [2.05, 4.69) is 14.8 Å². The second kappa shape index (κ2) is 5.14. The lowest BCUT2D eigenvalue weighted by molar-refractivity contribution is 0.0196.